The molecule has 0 aliphatic rings. The first-order valence-corrected chi connectivity index (χ1v) is 4.79. The van der Waals surface area contributed by atoms with Crippen molar-refractivity contribution in [2.75, 3.05) is 0 Å². The third kappa shape index (κ3) is 3.74. The van der Waals surface area contributed by atoms with Gasteiger partial charge in [-0.05, 0) is 26.2 Å². The normalized spacial score (nSPS) is 11.3. The molecule has 0 rings (SSSR count). The lowest BCUT2D eigenvalue weighted by Crippen LogP contribution is -2.29. The molecule has 72 valence electrons. The van der Waals surface area contributed by atoms with Crippen molar-refractivity contribution in [1.82, 2.24) is 0 Å². The molecule has 0 bridgehead atoms. The summed E-state index contributed by atoms with van der Waals surface area (Å²) in [7, 11) is 0. The van der Waals surface area contributed by atoms with E-state index in [1.165, 1.54) is 0 Å². The summed E-state index contributed by atoms with van der Waals surface area (Å²) in [5.41, 5.74) is -0.244. The van der Waals surface area contributed by atoms with Crippen molar-refractivity contribution in [2.24, 2.45) is 0 Å². The molecule has 0 radical (unpaired) electrons. The van der Waals surface area contributed by atoms with Gasteiger partial charge >= 0.3 is 5.97 Å². The number of hydrogen-bond acceptors (Lipinski definition) is 2. The van der Waals surface area contributed by atoms with Gasteiger partial charge in [0.1, 0.15) is 5.60 Å². The van der Waals surface area contributed by atoms with Gasteiger partial charge in [-0.15, -0.1) is 0 Å². The summed E-state index contributed by atoms with van der Waals surface area (Å²) < 4.78 is 5.34. The van der Waals surface area contributed by atoms with Crippen molar-refractivity contribution in [3.8, 4) is 0 Å². The van der Waals surface area contributed by atoms with Crippen molar-refractivity contribution in [2.45, 2.75) is 59.0 Å². The zero-order chi connectivity index (χ0) is 9.61. The highest BCUT2D eigenvalue weighted by Crippen LogP contribution is 2.20. The van der Waals surface area contributed by atoms with Gasteiger partial charge in [-0.3, -0.25) is 4.79 Å². The van der Waals surface area contributed by atoms with Crippen molar-refractivity contribution in [3.63, 3.8) is 0 Å². The van der Waals surface area contributed by atoms with E-state index < -0.39 is 0 Å². The molecule has 12 heavy (non-hydrogen) atoms. The molecule has 0 aliphatic carbocycles. The lowest BCUT2D eigenvalue weighted by atomic mass is 10.0. The molecule has 2 nitrogen and oxygen atoms in total. The van der Waals surface area contributed by atoms with Gasteiger partial charge in [-0.1, -0.05) is 20.8 Å². The molecule has 0 amide bonds. The maximum atomic E-state index is 11.2. The van der Waals surface area contributed by atoms with Gasteiger partial charge in [0.2, 0.25) is 0 Å². The standard InChI is InChI=1S/C10H20O2/c1-5-8-9(11)12-10(4,6-2)7-3/h5-8H2,1-4H3. The van der Waals surface area contributed by atoms with Crippen LogP contribution in [0.1, 0.15) is 53.4 Å². The van der Waals surface area contributed by atoms with Crippen molar-refractivity contribution in [1.29, 1.82) is 0 Å². The number of ether oxygens (including phenoxy) is 1. The smallest absolute Gasteiger partial charge is 0.306 e. The summed E-state index contributed by atoms with van der Waals surface area (Å²) in [6.45, 7) is 8.06. The van der Waals surface area contributed by atoms with Gasteiger partial charge < -0.3 is 4.74 Å². The Labute approximate surface area is 75.3 Å². The predicted molar refractivity (Wildman–Crippen MR) is 50.0 cm³/mol. The number of carbonyl (C=O) groups excluding carboxylic acids is 1. The molecular weight excluding hydrogens is 152 g/mol. The minimum absolute atomic E-state index is 0.0660. The number of hydrogen-bond donors (Lipinski definition) is 0. The fourth-order valence-electron chi connectivity index (χ4n) is 0.924. The molecule has 0 aromatic heterocycles. The van der Waals surface area contributed by atoms with E-state index in [2.05, 4.69) is 0 Å². The highest BCUT2D eigenvalue weighted by atomic mass is 16.6. The number of esters is 1. The second-order valence-corrected chi connectivity index (χ2v) is 3.38. The van der Waals surface area contributed by atoms with Gasteiger partial charge in [0, 0.05) is 6.42 Å². The van der Waals surface area contributed by atoms with Crippen LogP contribution in [0.25, 0.3) is 0 Å². The van der Waals surface area contributed by atoms with Crippen molar-refractivity contribution >= 4 is 5.97 Å². The van der Waals surface area contributed by atoms with Crippen LogP contribution >= 0.6 is 0 Å². The van der Waals surface area contributed by atoms with E-state index >= 15 is 0 Å². The van der Waals surface area contributed by atoms with E-state index in [-0.39, 0.29) is 11.6 Å². The lowest BCUT2D eigenvalue weighted by Gasteiger charge is -2.26. The Kier molecular flexibility index (Phi) is 4.95. The first-order valence-electron chi connectivity index (χ1n) is 4.79. The third-order valence-corrected chi connectivity index (χ3v) is 2.31. The van der Waals surface area contributed by atoms with E-state index in [1.54, 1.807) is 0 Å². The van der Waals surface area contributed by atoms with Gasteiger partial charge in [0.15, 0.2) is 0 Å². The quantitative estimate of drug-likeness (QED) is 0.596. The Balaban J connectivity index is 3.93. The highest BCUT2D eigenvalue weighted by Gasteiger charge is 2.23. The Morgan fingerprint density at radius 2 is 1.75 bits per heavy atom. The molecule has 0 spiro atoms. The minimum atomic E-state index is -0.244. The van der Waals surface area contributed by atoms with Gasteiger partial charge in [-0.25, -0.2) is 0 Å². The molecule has 2 heteroatoms. The maximum absolute atomic E-state index is 11.2. The Bertz CT molecular complexity index is 137. The Hall–Kier alpha value is -0.530. The van der Waals surface area contributed by atoms with Crippen LogP contribution in [0.5, 0.6) is 0 Å². The molecule has 0 aromatic rings. The summed E-state index contributed by atoms with van der Waals surface area (Å²) in [4.78, 5) is 11.2. The van der Waals surface area contributed by atoms with Gasteiger partial charge in [0.25, 0.3) is 0 Å². The molecule has 0 saturated heterocycles. The second kappa shape index (κ2) is 5.18. The predicted octanol–water partition coefficient (Wildman–Crippen LogP) is 2.91. The van der Waals surface area contributed by atoms with E-state index in [0.29, 0.717) is 6.42 Å². The molecule has 0 N–H and O–H groups in total. The molecule has 0 aliphatic heterocycles. The SMILES string of the molecule is CCCC(=O)OC(C)(CC)CC. The monoisotopic (exact) mass is 172 g/mol. The lowest BCUT2D eigenvalue weighted by molar-refractivity contribution is -0.158. The number of carbonyl (C=O) groups is 1. The summed E-state index contributed by atoms with van der Waals surface area (Å²) in [6.07, 6.45) is 3.18. The zero-order valence-corrected chi connectivity index (χ0v) is 8.64. The molecule has 0 heterocycles. The van der Waals surface area contributed by atoms with Gasteiger partial charge in [-0.2, -0.15) is 0 Å². The molecule has 0 saturated carbocycles. The first-order chi connectivity index (χ1) is 5.58. The van der Waals surface area contributed by atoms with E-state index in [4.69, 9.17) is 4.74 Å². The molecular formula is C10H20O2. The van der Waals surface area contributed by atoms with E-state index in [0.717, 1.165) is 19.3 Å². The van der Waals surface area contributed by atoms with Crippen LogP contribution in [0.4, 0.5) is 0 Å². The van der Waals surface area contributed by atoms with Crippen molar-refractivity contribution < 1.29 is 9.53 Å². The van der Waals surface area contributed by atoms with Crippen LogP contribution < -0.4 is 0 Å². The van der Waals surface area contributed by atoms with E-state index in [9.17, 15) is 4.79 Å². The van der Waals surface area contributed by atoms with Crippen LogP contribution in [-0.2, 0) is 9.53 Å². The van der Waals surface area contributed by atoms with Crippen molar-refractivity contribution in [3.05, 3.63) is 0 Å². The Morgan fingerprint density at radius 1 is 1.25 bits per heavy atom. The summed E-state index contributed by atoms with van der Waals surface area (Å²) >= 11 is 0. The average Bonchev–Trinajstić information content (AvgIpc) is 2.05. The fourth-order valence-corrected chi connectivity index (χ4v) is 0.924. The van der Waals surface area contributed by atoms with E-state index in [1.807, 2.05) is 27.7 Å². The van der Waals surface area contributed by atoms with Crippen LogP contribution in [0, 0.1) is 0 Å². The van der Waals surface area contributed by atoms with Gasteiger partial charge in [0.05, 0.1) is 0 Å². The van der Waals surface area contributed by atoms with Crippen LogP contribution in [0.2, 0.25) is 0 Å². The summed E-state index contributed by atoms with van der Waals surface area (Å²) in [5, 5.41) is 0. The molecule has 0 unspecified atom stereocenters. The summed E-state index contributed by atoms with van der Waals surface area (Å²) in [5.74, 6) is -0.0660. The van der Waals surface area contributed by atoms with Crippen LogP contribution in [0.15, 0.2) is 0 Å². The topological polar surface area (TPSA) is 26.3 Å². The fraction of sp³-hybridized carbons (Fsp3) is 0.900. The largest absolute Gasteiger partial charge is 0.459 e. The first kappa shape index (κ1) is 11.5. The molecule has 0 aromatic carbocycles. The second-order valence-electron chi connectivity index (χ2n) is 3.38. The number of rotatable bonds is 5. The minimum Gasteiger partial charge on any atom is -0.459 e. The highest BCUT2D eigenvalue weighted by molar-refractivity contribution is 5.69. The molecule has 0 atom stereocenters. The average molecular weight is 172 g/mol. The van der Waals surface area contributed by atoms with Crippen LogP contribution in [-0.4, -0.2) is 11.6 Å². The zero-order valence-electron chi connectivity index (χ0n) is 8.64. The molecule has 0 fully saturated rings. The maximum Gasteiger partial charge on any atom is 0.306 e. The Morgan fingerprint density at radius 3 is 2.08 bits per heavy atom. The third-order valence-electron chi connectivity index (χ3n) is 2.31. The summed E-state index contributed by atoms with van der Waals surface area (Å²) in [6, 6.07) is 0. The van der Waals surface area contributed by atoms with Crippen LogP contribution in [0.3, 0.4) is 0 Å².